The van der Waals surface area contributed by atoms with Crippen molar-refractivity contribution in [1.82, 2.24) is 15.5 Å². The zero-order chi connectivity index (χ0) is 27.0. The van der Waals surface area contributed by atoms with Crippen LogP contribution >= 0.6 is 0 Å². The Balaban J connectivity index is 0.00000562. The Morgan fingerprint density at radius 1 is 1.14 bits per heavy atom. The molecule has 1 aliphatic rings. The van der Waals surface area contributed by atoms with Gasteiger partial charge in [0, 0.05) is 6.42 Å². The summed E-state index contributed by atoms with van der Waals surface area (Å²) in [6.07, 6.45) is 5.99. The molecule has 200 valence electrons. The van der Waals surface area contributed by atoms with Crippen LogP contribution in [0.25, 0.3) is 0 Å². The summed E-state index contributed by atoms with van der Waals surface area (Å²) in [5.74, 6) is -2.09. The average Bonchev–Trinajstić information content (AvgIpc) is 3.18. The van der Waals surface area contributed by atoms with Gasteiger partial charge in [-0.15, -0.1) is 0 Å². The van der Waals surface area contributed by atoms with Gasteiger partial charge in [-0.2, -0.15) is 0 Å². The largest absolute Gasteiger partial charge is 0.464 e. The van der Waals surface area contributed by atoms with Gasteiger partial charge in [0.1, 0.15) is 24.2 Å². The van der Waals surface area contributed by atoms with Gasteiger partial charge < -0.3 is 25.0 Å². The second-order valence-electron chi connectivity index (χ2n) is 8.80. The number of rotatable bonds is 11. The Labute approximate surface area is 209 Å². The fourth-order valence-corrected chi connectivity index (χ4v) is 3.15. The van der Waals surface area contributed by atoms with E-state index in [1.165, 1.54) is 0 Å². The van der Waals surface area contributed by atoms with Gasteiger partial charge in [0.15, 0.2) is 5.78 Å². The van der Waals surface area contributed by atoms with E-state index in [1.807, 2.05) is 26.0 Å². The maximum Gasteiger partial charge on any atom is 0.408 e. The van der Waals surface area contributed by atoms with Crippen LogP contribution in [0, 0.1) is 0 Å². The molecule has 0 radical (unpaired) electrons. The van der Waals surface area contributed by atoms with Crippen molar-refractivity contribution in [2.45, 2.75) is 98.3 Å². The summed E-state index contributed by atoms with van der Waals surface area (Å²) in [4.78, 5) is 62.7. The molecule has 0 aliphatic carbocycles. The number of hydrogen-bond acceptors (Lipinski definition) is 7. The first-order valence-electron chi connectivity index (χ1n) is 12.4. The number of ketones is 1. The normalized spacial score (nSPS) is 16.3. The predicted molar refractivity (Wildman–Crippen MR) is 133 cm³/mol. The number of nitrogens with one attached hydrogen (secondary N) is 2. The molecule has 2 unspecified atom stereocenters. The number of carbonyl (C=O) groups excluding carboxylic acids is 5. The molecule has 10 heteroatoms. The van der Waals surface area contributed by atoms with Crippen LogP contribution in [0.5, 0.6) is 0 Å². The molecule has 1 heterocycles. The van der Waals surface area contributed by atoms with Crippen LogP contribution in [0.15, 0.2) is 12.2 Å². The number of nitrogens with zero attached hydrogens (tertiary/aromatic N) is 1. The smallest absolute Gasteiger partial charge is 0.408 e. The zero-order valence-corrected chi connectivity index (χ0v) is 22.3. The summed E-state index contributed by atoms with van der Waals surface area (Å²) >= 11 is 0. The van der Waals surface area contributed by atoms with Gasteiger partial charge in [-0.3, -0.25) is 14.4 Å². The van der Waals surface area contributed by atoms with Crippen LogP contribution in [0.2, 0.25) is 0 Å². The third-order valence-electron chi connectivity index (χ3n) is 4.70. The van der Waals surface area contributed by atoms with E-state index in [-0.39, 0.29) is 31.8 Å². The SMILES string of the molecule is CC.CCCC/C=C\CC(NC(=O)C1CC(=O)CN1C(=O)CNC(=O)OC(C)(C)C)C(=O)OCC. The maximum absolute atomic E-state index is 12.9. The van der Waals surface area contributed by atoms with Gasteiger partial charge in [-0.25, -0.2) is 9.59 Å². The first kappa shape index (κ1) is 32.1. The van der Waals surface area contributed by atoms with Gasteiger partial charge >= 0.3 is 12.1 Å². The van der Waals surface area contributed by atoms with Crippen LogP contribution in [-0.2, 0) is 28.7 Å². The minimum Gasteiger partial charge on any atom is -0.464 e. The van der Waals surface area contributed by atoms with Gasteiger partial charge in [-0.1, -0.05) is 45.8 Å². The molecule has 3 amide bonds. The molecule has 1 rings (SSSR count). The number of allylic oxidation sites excluding steroid dienone is 1. The first-order valence-corrected chi connectivity index (χ1v) is 12.4. The molecule has 0 aromatic carbocycles. The molecule has 0 aromatic rings. The lowest BCUT2D eigenvalue weighted by Crippen LogP contribution is -2.52. The van der Waals surface area contributed by atoms with E-state index < -0.39 is 48.1 Å². The quantitative estimate of drug-likeness (QED) is 0.255. The van der Waals surface area contributed by atoms with Gasteiger partial charge in [0.2, 0.25) is 11.8 Å². The van der Waals surface area contributed by atoms with Crippen molar-refractivity contribution < 1.29 is 33.4 Å². The van der Waals surface area contributed by atoms with E-state index in [0.717, 1.165) is 24.2 Å². The Bertz CT molecular complexity index is 744. The molecule has 2 N–H and O–H groups in total. The number of hydrogen-bond donors (Lipinski definition) is 2. The number of carbonyl (C=O) groups is 5. The number of alkyl carbamates (subject to hydrolysis) is 1. The van der Waals surface area contributed by atoms with E-state index >= 15 is 0 Å². The average molecular weight is 498 g/mol. The Morgan fingerprint density at radius 3 is 2.37 bits per heavy atom. The lowest BCUT2D eigenvalue weighted by Gasteiger charge is -2.25. The number of Topliss-reactive ketones (excluding diaryl/α,β-unsaturated/α-hetero) is 1. The van der Waals surface area contributed by atoms with E-state index in [0.29, 0.717) is 0 Å². The highest BCUT2D eigenvalue weighted by Crippen LogP contribution is 2.16. The van der Waals surface area contributed by atoms with Gasteiger partial charge in [-0.05, 0) is 40.5 Å². The summed E-state index contributed by atoms with van der Waals surface area (Å²) in [6.45, 7) is 12.3. The van der Waals surface area contributed by atoms with Crippen LogP contribution in [0.4, 0.5) is 4.79 Å². The predicted octanol–water partition coefficient (Wildman–Crippen LogP) is 2.89. The summed E-state index contributed by atoms with van der Waals surface area (Å²) in [6, 6.07) is -1.99. The summed E-state index contributed by atoms with van der Waals surface area (Å²) in [7, 11) is 0. The highest BCUT2D eigenvalue weighted by molar-refractivity contribution is 6.00. The summed E-state index contributed by atoms with van der Waals surface area (Å²) < 4.78 is 10.1. The van der Waals surface area contributed by atoms with Gasteiger partial charge in [0.25, 0.3) is 0 Å². The number of unbranched alkanes of at least 4 members (excludes halogenated alkanes) is 2. The third kappa shape index (κ3) is 12.9. The number of amides is 3. The lowest BCUT2D eigenvalue weighted by atomic mass is 10.1. The standard InChI is InChI=1S/C23H37N3O7.C2H6/c1-6-8-9-10-11-12-17(21(30)32-7-2)25-20(29)18-13-16(27)15-26(18)19(28)14-24-22(31)33-23(3,4)5;1-2/h10-11,17-18H,6-9,12-15H2,1-5H3,(H,24,31)(H,25,29);1-2H3/b11-10-;. The first-order chi connectivity index (χ1) is 16.5. The summed E-state index contributed by atoms with van der Waals surface area (Å²) in [5.41, 5.74) is -0.730. The van der Waals surface area contributed by atoms with Crippen LogP contribution in [0.1, 0.15) is 80.6 Å². The lowest BCUT2D eigenvalue weighted by molar-refractivity contribution is -0.148. The van der Waals surface area contributed by atoms with E-state index in [2.05, 4.69) is 17.6 Å². The van der Waals surface area contributed by atoms with Crippen molar-refractivity contribution in [3.8, 4) is 0 Å². The molecular formula is C25H43N3O7. The van der Waals surface area contributed by atoms with Gasteiger partial charge in [0.05, 0.1) is 13.2 Å². The van der Waals surface area contributed by atoms with Crippen molar-refractivity contribution in [3.05, 3.63) is 12.2 Å². The molecule has 1 saturated heterocycles. The molecule has 35 heavy (non-hydrogen) atoms. The molecule has 0 aromatic heterocycles. The highest BCUT2D eigenvalue weighted by Gasteiger charge is 2.40. The Kier molecular flexibility index (Phi) is 15.3. The second kappa shape index (κ2) is 16.7. The molecule has 0 saturated carbocycles. The number of ether oxygens (including phenoxy) is 2. The Morgan fingerprint density at radius 2 is 1.80 bits per heavy atom. The fourth-order valence-electron chi connectivity index (χ4n) is 3.15. The molecule has 1 fully saturated rings. The van der Waals surface area contributed by atoms with Crippen molar-refractivity contribution in [1.29, 1.82) is 0 Å². The van der Waals surface area contributed by atoms with Crippen LogP contribution in [-0.4, -0.2) is 71.9 Å². The van der Waals surface area contributed by atoms with Crippen molar-refractivity contribution in [2.75, 3.05) is 19.7 Å². The minimum absolute atomic E-state index is 0.160. The highest BCUT2D eigenvalue weighted by atomic mass is 16.6. The van der Waals surface area contributed by atoms with E-state index in [4.69, 9.17) is 9.47 Å². The molecule has 1 aliphatic heterocycles. The Hall–Kier alpha value is -2.91. The fraction of sp³-hybridized carbons (Fsp3) is 0.720. The van der Waals surface area contributed by atoms with Crippen LogP contribution < -0.4 is 10.6 Å². The topological polar surface area (TPSA) is 131 Å². The summed E-state index contributed by atoms with van der Waals surface area (Å²) in [5, 5.41) is 4.94. The molecule has 2 atom stereocenters. The molecular weight excluding hydrogens is 454 g/mol. The third-order valence-corrected chi connectivity index (χ3v) is 4.70. The van der Waals surface area contributed by atoms with E-state index in [9.17, 15) is 24.0 Å². The number of likely N-dealkylation sites (tertiary alicyclic amines) is 1. The van der Waals surface area contributed by atoms with Crippen LogP contribution in [0.3, 0.4) is 0 Å². The monoisotopic (exact) mass is 497 g/mol. The minimum atomic E-state index is -1.06. The molecule has 0 spiro atoms. The van der Waals surface area contributed by atoms with Crippen molar-refractivity contribution in [2.24, 2.45) is 0 Å². The van der Waals surface area contributed by atoms with Crippen molar-refractivity contribution >= 4 is 29.7 Å². The zero-order valence-electron chi connectivity index (χ0n) is 22.3. The maximum atomic E-state index is 12.9. The number of esters is 1. The second-order valence-corrected chi connectivity index (χ2v) is 8.80. The van der Waals surface area contributed by atoms with Crippen molar-refractivity contribution in [3.63, 3.8) is 0 Å². The molecule has 0 bridgehead atoms. The van der Waals surface area contributed by atoms with E-state index in [1.54, 1.807) is 27.7 Å². The molecule has 10 nitrogen and oxygen atoms in total.